The van der Waals surface area contributed by atoms with Crippen LogP contribution in [-0.2, 0) is 14.8 Å². The third-order valence-corrected chi connectivity index (χ3v) is 4.39. The molecule has 0 aliphatic heterocycles. The lowest BCUT2D eigenvalue weighted by atomic mass is 10.4. The Morgan fingerprint density at radius 1 is 1.39 bits per heavy atom. The second kappa shape index (κ2) is 6.67. The van der Waals surface area contributed by atoms with Crippen LogP contribution in [0.2, 0.25) is 0 Å². The molecule has 0 saturated carbocycles. The van der Waals surface area contributed by atoms with Crippen LogP contribution < -0.4 is 4.72 Å². The lowest BCUT2D eigenvalue weighted by Crippen LogP contribution is -2.45. The van der Waals surface area contributed by atoms with E-state index in [4.69, 9.17) is 16.3 Å². The van der Waals surface area contributed by atoms with E-state index in [9.17, 15) is 8.42 Å². The Balaban J connectivity index is 2.94. The first-order chi connectivity index (χ1) is 8.27. The highest BCUT2D eigenvalue weighted by atomic mass is 79.9. The molecule has 0 aliphatic rings. The maximum absolute atomic E-state index is 12.1. The number of rotatable bonds is 6. The monoisotopic (exact) mass is 419 g/mol. The van der Waals surface area contributed by atoms with Crippen molar-refractivity contribution in [1.82, 2.24) is 4.72 Å². The number of alkyl halides is 3. The van der Waals surface area contributed by atoms with Crippen molar-refractivity contribution in [3.8, 4) is 0 Å². The van der Waals surface area contributed by atoms with Crippen LogP contribution in [-0.4, -0.2) is 23.9 Å². The van der Waals surface area contributed by atoms with Gasteiger partial charge in [-0.1, -0.05) is 61.7 Å². The van der Waals surface area contributed by atoms with Crippen LogP contribution in [0.1, 0.15) is 6.92 Å². The van der Waals surface area contributed by atoms with E-state index in [2.05, 4.69) is 36.6 Å². The van der Waals surface area contributed by atoms with Crippen LogP contribution in [0, 0.1) is 0 Å². The Morgan fingerprint density at radius 3 is 2.39 bits per heavy atom. The zero-order valence-corrected chi connectivity index (χ0v) is 14.2. The smallest absolute Gasteiger partial charge is 0.242 e. The highest BCUT2D eigenvalue weighted by molar-refractivity contribution is 9.26. The van der Waals surface area contributed by atoms with E-state index in [1.807, 2.05) is 0 Å². The first kappa shape index (κ1) is 16.4. The number of sulfonamides is 1. The van der Waals surface area contributed by atoms with Gasteiger partial charge >= 0.3 is 0 Å². The summed E-state index contributed by atoms with van der Waals surface area (Å²) in [6.45, 7) is 2.06. The van der Waals surface area contributed by atoms with E-state index in [0.717, 1.165) is 0 Å². The van der Waals surface area contributed by atoms with Crippen molar-refractivity contribution in [1.29, 1.82) is 0 Å². The summed E-state index contributed by atoms with van der Waals surface area (Å²) >= 11 is 12.2. The zero-order valence-electron chi connectivity index (χ0n) is 9.44. The third-order valence-electron chi connectivity index (χ3n) is 1.95. The summed E-state index contributed by atoms with van der Waals surface area (Å²) in [6, 6.07) is 7.99. The molecule has 0 aromatic heterocycles. The molecule has 1 rings (SSSR count). The summed E-state index contributed by atoms with van der Waals surface area (Å²) in [5, 5.41) is 0. The lowest BCUT2D eigenvalue weighted by Gasteiger charge is -2.25. The van der Waals surface area contributed by atoms with Gasteiger partial charge < -0.3 is 4.74 Å². The summed E-state index contributed by atoms with van der Waals surface area (Å²) < 4.78 is 30.6. The molecule has 0 radical (unpaired) electrons. The number of ether oxygens (including phenoxy) is 1. The van der Waals surface area contributed by atoms with Crippen LogP contribution in [0.4, 0.5) is 0 Å². The fourth-order valence-electron chi connectivity index (χ4n) is 1.17. The average Bonchev–Trinajstić information content (AvgIpc) is 2.28. The van der Waals surface area contributed by atoms with Crippen LogP contribution in [0.3, 0.4) is 0 Å². The Labute approximate surface area is 128 Å². The van der Waals surface area contributed by atoms with Gasteiger partial charge in [-0.2, -0.15) is 4.72 Å². The van der Waals surface area contributed by atoms with Crippen molar-refractivity contribution < 1.29 is 13.2 Å². The highest BCUT2D eigenvalue weighted by Gasteiger charge is 2.35. The summed E-state index contributed by atoms with van der Waals surface area (Å²) in [6.07, 6.45) is -0.950. The van der Waals surface area contributed by atoms with Gasteiger partial charge in [0.1, 0.15) is 0 Å². The number of nitrogens with one attached hydrogen (secondary N) is 1. The van der Waals surface area contributed by atoms with Crippen molar-refractivity contribution in [2.45, 2.75) is 20.7 Å². The van der Waals surface area contributed by atoms with Crippen LogP contribution in [0.25, 0.3) is 0 Å². The normalized spacial score (nSPS) is 14.4. The molecule has 0 aliphatic carbocycles. The Kier molecular flexibility index (Phi) is 6.08. The average molecular weight is 422 g/mol. The molecule has 0 amide bonds. The summed E-state index contributed by atoms with van der Waals surface area (Å²) in [5.74, 6) is 0. The van der Waals surface area contributed by atoms with Gasteiger partial charge in [-0.15, -0.1) is 0 Å². The molecule has 1 aromatic rings. The van der Waals surface area contributed by atoms with Crippen molar-refractivity contribution in [3.05, 3.63) is 30.3 Å². The van der Waals surface area contributed by atoms with Gasteiger partial charge in [0.25, 0.3) is 0 Å². The van der Waals surface area contributed by atoms with Crippen molar-refractivity contribution in [2.75, 3.05) is 6.61 Å². The molecule has 0 spiro atoms. The molecule has 4 nitrogen and oxygen atoms in total. The van der Waals surface area contributed by atoms with Gasteiger partial charge in [0.05, 0.1) is 4.90 Å². The Hall–Kier alpha value is 0.340. The van der Waals surface area contributed by atoms with Crippen LogP contribution in [0.15, 0.2) is 35.2 Å². The van der Waals surface area contributed by atoms with E-state index in [0.29, 0.717) is 6.61 Å². The molecule has 1 atom stereocenters. The first-order valence-electron chi connectivity index (χ1n) is 5.03. The first-order valence-corrected chi connectivity index (χ1v) is 8.48. The molecule has 0 fully saturated rings. The van der Waals surface area contributed by atoms with E-state index >= 15 is 0 Å². The minimum atomic E-state index is -3.68. The molecule has 102 valence electrons. The van der Waals surface area contributed by atoms with Gasteiger partial charge in [-0.25, -0.2) is 8.42 Å². The van der Waals surface area contributed by atoms with Crippen molar-refractivity contribution in [3.63, 3.8) is 0 Å². The van der Waals surface area contributed by atoms with E-state index < -0.39 is 18.9 Å². The molecule has 0 bridgehead atoms. The van der Waals surface area contributed by atoms with Gasteiger partial charge in [0.15, 0.2) is 8.92 Å². The Morgan fingerprint density at radius 2 is 1.94 bits per heavy atom. The number of halogens is 3. The fraction of sp³-hybridized carbons (Fsp3) is 0.400. The van der Waals surface area contributed by atoms with Gasteiger partial charge in [0, 0.05) is 6.61 Å². The minimum Gasteiger partial charge on any atom is -0.359 e. The summed E-state index contributed by atoms with van der Waals surface area (Å²) in [5.41, 5.74) is 0. The van der Waals surface area contributed by atoms with Gasteiger partial charge in [-0.05, 0) is 19.1 Å². The maximum Gasteiger partial charge on any atom is 0.242 e. The van der Waals surface area contributed by atoms with Crippen molar-refractivity contribution >= 4 is 53.5 Å². The molecule has 1 N–H and O–H groups in total. The quantitative estimate of drug-likeness (QED) is 0.568. The highest BCUT2D eigenvalue weighted by Crippen LogP contribution is 2.36. The molecule has 1 aromatic carbocycles. The largest absolute Gasteiger partial charge is 0.359 e. The van der Waals surface area contributed by atoms with E-state index in [1.165, 1.54) is 12.1 Å². The van der Waals surface area contributed by atoms with Crippen LogP contribution in [0.5, 0.6) is 0 Å². The maximum atomic E-state index is 12.1. The minimum absolute atomic E-state index is 0.149. The van der Waals surface area contributed by atoms with Crippen molar-refractivity contribution in [2.24, 2.45) is 0 Å². The zero-order chi connectivity index (χ0) is 13.8. The fourth-order valence-corrected chi connectivity index (χ4v) is 3.33. The molecule has 1 unspecified atom stereocenters. The Bertz CT molecular complexity index is 476. The van der Waals surface area contributed by atoms with Gasteiger partial charge in [0.2, 0.25) is 10.0 Å². The predicted octanol–water partition coefficient (Wildman–Crippen LogP) is 3.01. The van der Waals surface area contributed by atoms with Crippen LogP contribution >= 0.6 is 43.5 Å². The number of hydrogen-bond acceptors (Lipinski definition) is 3. The molecule has 18 heavy (non-hydrogen) atoms. The van der Waals surface area contributed by atoms with E-state index in [1.54, 1.807) is 25.1 Å². The topological polar surface area (TPSA) is 55.4 Å². The number of benzene rings is 1. The SMILES string of the molecule is CCOC(NS(=O)(=O)c1ccccc1)C(Cl)(Br)Br. The second-order valence-electron chi connectivity index (χ2n) is 3.31. The molecular formula is C10H12Br2ClNO3S. The summed E-state index contributed by atoms with van der Waals surface area (Å²) in [7, 11) is -3.68. The second-order valence-corrected chi connectivity index (χ2v) is 10.1. The lowest BCUT2D eigenvalue weighted by molar-refractivity contribution is 0.0628. The number of hydrogen-bond donors (Lipinski definition) is 1. The van der Waals surface area contributed by atoms with E-state index in [-0.39, 0.29) is 4.90 Å². The predicted molar refractivity (Wildman–Crippen MR) is 78.6 cm³/mol. The third kappa shape index (κ3) is 4.79. The van der Waals surface area contributed by atoms with Gasteiger partial charge in [-0.3, -0.25) is 0 Å². The molecule has 0 saturated heterocycles. The standard InChI is InChI=1S/C10H12Br2ClNO3S/c1-2-17-9(10(11,12)13)14-18(15,16)8-6-4-3-5-7-8/h3-7,9,14H,2H2,1H3. The molecular weight excluding hydrogens is 409 g/mol. The molecule has 0 heterocycles. The summed E-state index contributed by atoms with van der Waals surface area (Å²) in [4.78, 5) is 0.149. The molecule has 8 heteroatoms.